The summed E-state index contributed by atoms with van der Waals surface area (Å²) in [5.74, 6) is -0.536. The third-order valence-electron chi connectivity index (χ3n) is 3.61. The van der Waals surface area contributed by atoms with Crippen LogP contribution in [-0.2, 0) is 4.79 Å². The molecule has 0 saturated carbocycles. The molecule has 1 amide bonds. The van der Waals surface area contributed by atoms with E-state index < -0.39 is 17.9 Å². The molecule has 2 aromatic carbocycles. The Labute approximate surface area is 150 Å². The van der Waals surface area contributed by atoms with Crippen molar-refractivity contribution in [1.29, 1.82) is 0 Å². The Balaban J connectivity index is 2.32. The number of halogens is 1. The molecule has 0 bridgehead atoms. The van der Waals surface area contributed by atoms with Crippen LogP contribution in [0.4, 0.5) is 0 Å². The standard InChI is InChI=1S/C18H18ClNO5/c1-24-15-8-7-11(9-16(15)25-2)14(10-17(21)22)20-18(23)12-5-3-4-6-13(12)19/h3-9,14H,10H2,1-2H3,(H,20,23)(H,21,22)/t14-/m1/s1. The first-order valence-electron chi connectivity index (χ1n) is 7.45. The Morgan fingerprint density at radius 3 is 2.40 bits per heavy atom. The minimum absolute atomic E-state index is 0.278. The zero-order valence-corrected chi connectivity index (χ0v) is 14.5. The first-order chi connectivity index (χ1) is 12.0. The molecule has 2 rings (SSSR count). The van der Waals surface area contributed by atoms with Gasteiger partial charge in [-0.3, -0.25) is 9.59 Å². The molecule has 7 heteroatoms. The van der Waals surface area contributed by atoms with Gasteiger partial charge < -0.3 is 19.9 Å². The SMILES string of the molecule is COc1ccc([C@@H](CC(=O)O)NC(=O)c2ccccc2Cl)cc1OC. The molecule has 0 aromatic heterocycles. The predicted octanol–water partition coefficient (Wildman–Crippen LogP) is 3.30. The van der Waals surface area contributed by atoms with Gasteiger partial charge in [-0.25, -0.2) is 0 Å². The number of aliphatic carboxylic acids is 1. The highest BCUT2D eigenvalue weighted by molar-refractivity contribution is 6.33. The molecular formula is C18H18ClNO5. The lowest BCUT2D eigenvalue weighted by Gasteiger charge is -2.19. The van der Waals surface area contributed by atoms with Gasteiger partial charge in [0, 0.05) is 0 Å². The number of hydrogen-bond acceptors (Lipinski definition) is 4. The van der Waals surface area contributed by atoms with E-state index in [1.165, 1.54) is 14.2 Å². The predicted molar refractivity (Wildman–Crippen MR) is 93.5 cm³/mol. The van der Waals surface area contributed by atoms with Gasteiger partial charge in [0.15, 0.2) is 11.5 Å². The van der Waals surface area contributed by atoms with E-state index in [1.54, 1.807) is 42.5 Å². The molecule has 0 aliphatic heterocycles. The Bertz CT molecular complexity index is 778. The van der Waals surface area contributed by atoms with Crippen LogP contribution < -0.4 is 14.8 Å². The number of methoxy groups -OCH3 is 2. The van der Waals surface area contributed by atoms with Crippen LogP contribution >= 0.6 is 11.6 Å². The van der Waals surface area contributed by atoms with Crippen molar-refractivity contribution < 1.29 is 24.2 Å². The van der Waals surface area contributed by atoms with Gasteiger partial charge >= 0.3 is 5.97 Å². The number of ether oxygens (including phenoxy) is 2. The van der Waals surface area contributed by atoms with Gasteiger partial charge in [-0.05, 0) is 29.8 Å². The van der Waals surface area contributed by atoms with Gasteiger partial charge in [-0.15, -0.1) is 0 Å². The van der Waals surface area contributed by atoms with Crippen LogP contribution in [0.2, 0.25) is 5.02 Å². The topological polar surface area (TPSA) is 84.9 Å². The maximum Gasteiger partial charge on any atom is 0.305 e. The van der Waals surface area contributed by atoms with Crippen molar-refractivity contribution in [1.82, 2.24) is 5.32 Å². The van der Waals surface area contributed by atoms with Crippen molar-refractivity contribution in [3.63, 3.8) is 0 Å². The molecule has 0 aliphatic rings. The summed E-state index contributed by atoms with van der Waals surface area (Å²) in [5.41, 5.74) is 0.862. The molecule has 0 saturated heterocycles. The second-order valence-electron chi connectivity index (χ2n) is 5.22. The van der Waals surface area contributed by atoms with Crippen LogP contribution in [0.3, 0.4) is 0 Å². The highest BCUT2D eigenvalue weighted by Crippen LogP contribution is 2.31. The molecule has 2 N–H and O–H groups in total. The van der Waals surface area contributed by atoms with Crippen molar-refractivity contribution in [3.05, 3.63) is 58.6 Å². The van der Waals surface area contributed by atoms with E-state index in [2.05, 4.69) is 5.32 Å². The lowest BCUT2D eigenvalue weighted by Crippen LogP contribution is -2.30. The Hall–Kier alpha value is -2.73. The fourth-order valence-electron chi connectivity index (χ4n) is 2.38. The third-order valence-corrected chi connectivity index (χ3v) is 3.94. The largest absolute Gasteiger partial charge is 0.493 e. The summed E-state index contributed by atoms with van der Waals surface area (Å²) in [6, 6.07) is 10.8. The summed E-state index contributed by atoms with van der Waals surface area (Å²) < 4.78 is 10.4. The molecule has 132 valence electrons. The number of carboxylic acids is 1. The van der Waals surface area contributed by atoms with Crippen LogP contribution in [0.5, 0.6) is 11.5 Å². The molecule has 0 aliphatic carbocycles. The number of carbonyl (C=O) groups excluding carboxylic acids is 1. The minimum Gasteiger partial charge on any atom is -0.493 e. The smallest absolute Gasteiger partial charge is 0.305 e. The molecule has 0 heterocycles. The fraction of sp³-hybridized carbons (Fsp3) is 0.222. The van der Waals surface area contributed by atoms with E-state index in [0.29, 0.717) is 22.1 Å². The van der Waals surface area contributed by atoms with Crippen molar-refractivity contribution in [2.45, 2.75) is 12.5 Å². The van der Waals surface area contributed by atoms with E-state index in [1.807, 2.05) is 0 Å². The lowest BCUT2D eigenvalue weighted by molar-refractivity contribution is -0.137. The molecule has 0 unspecified atom stereocenters. The van der Waals surface area contributed by atoms with E-state index in [9.17, 15) is 14.7 Å². The van der Waals surface area contributed by atoms with Gasteiger partial charge in [-0.2, -0.15) is 0 Å². The Kier molecular flexibility index (Phi) is 6.25. The molecule has 0 fully saturated rings. The monoisotopic (exact) mass is 363 g/mol. The Morgan fingerprint density at radius 2 is 1.80 bits per heavy atom. The van der Waals surface area contributed by atoms with Crippen LogP contribution in [0.25, 0.3) is 0 Å². The maximum absolute atomic E-state index is 12.5. The van der Waals surface area contributed by atoms with Crippen molar-refractivity contribution in [2.75, 3.05) is 14.2 Å². The first kappa shape index (κ1) is 18.6. The van der Waals surface area contributed by atoms with E-state index >= 15 is 0 Å². The number of carbonyl (C=O) groups is 2. The summed E-state index contributed by atoms with van der Waals surface area (Å²) >= 11 is 6.03. The average Bonchev–Trinajstić information content (AvgIpc) is 2.60. The number of carboxylic acid groups (broad SMARTS) is 1. The van der Waals surface area contributed by atoms with Crippen molar-refractivity contribution >= 4 is 23.5 Å². The maximum atomic E-state index is 12.5. The van der Waals surface area contributed by atoms with Gasteiger partial charge in [0.2, 0.25) is 0 Å². The van der Waals surface area contributed by atoms with Crippen molar-refractivity contribution in [2.24, 2.45) is 0 Å². The summed E-state index contributed by atoms with van der Waals surface area (Å²) in [4.78, 5) is 23.7. The quantitative estimate of drug-likeness (QED) is 0.788. The van der Waals surface area contributed by atoms with Crippen LogP contribution in [0.1, 0.15) is 28.4 Å². The van der Waals surface area contributed by atoms with Gasteiger partial charge in [0.05, 0.1) is 37.3 Å². The van der Waals surface area contributed by atoms with Gasteiger partial charge in [0.25, 0.3) is 5.91 Å². The average molecular weight is 364 g/mol. The van der Waals surface area contributed by atoms with Crippen LogP contribution in [-0.4, -0.2) is 31.2 Å². The van der Waals surface area contributed by atoms with E-state index in [4.69, 9.17) is 21.1 Å². The zero-order valence-electron chi connectivity index (χ0n) is 13.8. The third kappa shape index (κ3) is 4.64. The zero-order chi connectivity index (χ0) is 18.4. The minimum atomic E-state index is -1.04. The Morgan fingerprint density at radius 1 is 1.12 bits per heavy atom. The molecule has 0 spiro atoms. The number of hydrogen-bond donors (Lipinski definition) is 2. The second-order valence-corrected chi connectivity index (χ2v) is 5.63. The summed E-state index contributed by atoms with van der Waals surface area (Å²) in [6.45, 7) is 0. The summed E-state index contributed by atoms with van der Waals surface area (Å²) in [5, 5.41) is 12.2. The first-order valence-corrected chi connectivity index (χ1v) is 7.83. The van der Waals surface area contributed by atoms with E-state index in [-0.39, 0.29) is 12.0 Å². The molecule has 1 atom stereocenters. The van der Waals surface area contributed by atoms with Crippen LogP contribution in [0, 0.1) is 0 Å². The molecule has 6 nitrogen and oxygen atoms in total. The summed E-state index contributed by atoms with van der Waals surface area (Å²) in [7, 11) is 2.99. The van der Waals surface area contributed by atoms with Crippen molar-refractivity contribution in [3.8, 4) is 11.5 Å². The van der Waals surface area contributed by atoms with Crippen LogP contribution in [0.15, 0.2) is 42.5 Å². The lowest BCUT2D eigenvalue weighted by atomic mass is 10.0. The number of benzene rings is 2. The molecule has 25 heavy (non-hydrogen) atoms. The second kappa shape index (κ2) is 8.39. The van der Waals surface area contributed by atoms with E-state index in [0.717, 1.165) is 0 Å². The molecular weight excluding hydrogens is 346 g/mol. The fourth-order valence-corrected chi connectivity index (χ4v) is 2.60. The number of amides is 1. The number of nitrogens with one attached hydrogen (secondary N) is 1. The summed E-state index contributed by atoms with van der Waals surface area (Å²) in [6.07, 6.45) is -0.286. The molecule has 2 aromatic rings. The highest BCUT2D eigenvalue weighted by Gasteiger charge is 2.21. The number of rotatable bonds is 7. The molecule has 0 radical (unpaired) electrons. The normalized spacial score (nSPS) is 11.5. The van der Waals surface area contributed by atoms with Gasteiger partial charge in [0.1, 0.15) is 0 Å². The van der Waals surface area contributed by atoms with Gasteiger partial charge in [-0.1, -0.05) is 29.8 Å². The highest BCUT2D eigenvalue weighted by atomic mass is 35.5.